The first-order valence-electron chi connectivity index (χ1n) is 4.88. The Morgan fingerprint density at radius 2 is 2.20 bits per heavy atom. The molecule has 3 nitrogen and oxygen atoms in total. The molecule has 0 spiro atoms. The quantitative estimate of drug-likeness (QED) is 0.865. The Labute approximate surface area is 97.2 Å². The van der Waals surface area contributed by atoms with E-state index in [1.165, 1.54) is 6.92 Å². The lowest BCUT2D eigenvalue weighted by Gasteiger charge is -2.15. The van der Waals surface area contributed by atoms with Crippen LogP contribution in [-0.2, 0) is 10.3 Å². The third kappa shape index (κ3) is 2.21. The average Bonchev–Trinajstić information content (AvgIpc) is 2.83. The molecule has 0 atom stereocenters. The molecular weight excluding hydrogens is 256 g/mol. The van der Waals surface area contributed by atoms with Gasteiger partial charge in [-0.25, -0.2) is 0 Å². The SMILES string of the molecule is CC(=O)Nc1cc(Br)ccc1C1(N)CC1. The molecule has 1 saturated carbocycles. The number of amides is 1. The van der Waals surface area contributed by atoms with Crippen LogP contribution in [0.2, 0.25) is 0 Å². The summed E-state index contributed by atoms with van der Waals surface area (Å²) in [7, 11) is 0. The molecule has 3 N–H and O–H groups in total. The van der Waals surface area contributed by atoms with Gasteiger partial charge in [0.1, 0.15) is 0 Å². The van der Waals surface area contributed by atoms with Gasteiger partial charge in [-0.05, 0) is 30.5 Å². The number of rotatable bonds is 2. The molecule has 4 heteroatoms. The van der Waals surface area contributed by atoms with Crippen LogP contribution in [0, 0.1) is 0 Å². The molecule has 0 aliphatic heterocycles. The van der Waals surface area contributed by atoms with E-state index in [2.05, 4.69) is 21.2 Å². The van der Waals surface area contributed by atoms with Crippen molar-refractivity contribution in [2.45, 2.75) is 25.3 Å². The van der Waals surface area contributed by atoms with Crippen LogP contribution in [-0.4, -0.2) is 5.91 Å². The lowest BCUT2D eigenvalue weighted by molar-refractivity contribution is -0.114. The van der Waals surface area contributed by atoms with E-state index in [1.54, 1.807) is 0 Å². The van der Waals surface area contributed by atoms with Crippen LogP contribution in [0.1, 0.15) is 25.3 Å². The fraction of sp³-hybridized carbons (Fsp3) is 0.364. The Bertz CT molecular complexity index is 413. The summed E-state index contributed by atoms with van der Waals surface area (Å²) in [6, 6.07) is 5.82. The molecular formula is C11H13BrN2O. The van der Waals surface area contributed by atoms with Crippen molar-refractivity contribution in [1.29, 1.82) is 0 Å². The maximum Gasteiger partial charge on any atom is 0.221 e. The number of carbonyl (C=O) groups is 1. The Hall–Kier alpha value is -0.870. The summed E-state index contributed by atoms with van der Waals surface area (Å²) in [4.78, 5) is 11.1. The summed E-state index contributed by atoms with van der Waals surface area (Å²) in [6.07, 6.45) is 1.97. The number of nitrogens with two attached hydrogens (primary N) is 1. The fourth-order valence-corrected chi connectivity index (χ4v) is 2.01. The fourth-order valence-electron chi connectivity index (χ4n) is 1.65. The first-order chi connectivity index (χ1) is 7.01. The molecule has 1 aromatic carbocycles. The third-order valence-electron chi connectivity index (χ3n) is 2.62. The molecule has 1 aliphatic rings. The summed E-state index contributed by atoms with van der Waals surface area (Å²) in [5.41, 5.74) is 7.75. The first-order valence-corrected chi connectivity index (χ1v) is 5.67. The molecule has 1 aromatic rings. The average molecular weight is 269 g/mol. The number of anilines is 1. The van der Waals surface area contributed by atoms with E-state index in [1.807, 2.05) is 18.2 Å². The minimum absolute atomic E-state index is 0.0707. The van der Waals surface area contributed by atoms with Crippen LogP contribution in [0.15, 0.2) is 22.7 Å². The highest BCUT2D eigenvalue weighted by molar-refractivity contribution is 9.10. The third-order valence-corrected chi connectivity index (χ3v) is 3.11. The summed E-state index contributed by atoms with van der Waals surface area (Å²) in [5, 5.41) is 2.81. The normalized spacial score (nSPS) is 17.3. The van der Waals surface area contributed by atoms with E-state index in [9.17, 15) is 4.79 Å². The maximum absolute atomic E-state index is 11.1. The van der Waals surface area contributed by atoms with E-state index in [-0.39, 0.29) is 11.4 Å². The van der Waals surface area contributed by atoms with Gasteiger partial charge in [-0.2, -0.15) is 0 Å². The molecule has 0 heterocycles. The smallest absolute Gasteiger partial charge is 0.221 e. The summed E-state index contributed by atoms with van der Waals surface area (Å²) < 4.78 is 0.944. The van der Waals surface area contributed by atoms with Gasteiger partial charge in [-0.3, -0.25) is 4.79 Å². The van der Waals surface area contributed by atoms with Crippen molar-refractivity contribution in [2.24, 2.45) is 5.73 Å². The highest BCUT2D eigenvalue weighted by Gasteiger charge is 2.41. The van der Waals surface area contributed by atoms with Crippen molar-refractivity contribution in [3.8, 4) is 0 Å². The second kappa shape index (κ2) is 3.61. The minimum Gasteiger partial charge on any atom is -0.326 e. The number of hydrogen-bond donors (Lipinski definition) is 2. The van der Waals surface area contributed by atoms with Gasteiger partial charge in [0.15, 0.2) is 0 Å². The molecule has 0 unspecified atom stereocenters. The lowest BCUT2D eigenvalue weighted by atomic mass is 10.0. The zero-order valence-electron chi connectivity index (χ0n) is 8.51. The van der Waals surface area contributed by atoms with E-state index < -0.39 is 0 Å². The molecule has 1 fully saturated rings. The molecule has 0 saturated heterocycles. The van der Waals surface area contributed by atoms with Crippen LogP contribution in [0.25, 0.3) is 0 Å². The number of benzene rings is 1. The summed E-state index contributed by atoms with van der Waals surface area (Å²) in [5.74, 6) is -0.0707. The highest BCUT2D eigenvalue weighted by Crippen LogP contribution is 2.46. The molecule has 15 heavy (non-hydrogen) atoms. The Morgan fingerprint density at radius 3 is 2.73 bits per heavy atom. The number of carbonyl (C=O) groups excluding carboxylic acids is 1. The second-order valence-corrected chi connectivity index (χ2v) is 4.94. The van der Waals surface area contributed by atoms with E-state index >= 15 is 0 Å². The van der Waals surface area contributed by atoms with Crippen LogP contribution in [0.5, 0.6) is 0 Å². The van der Waals surface area contributed by atoms with E-state index in [0.29, 0.717) is 0 Å². The number of nitrogens with one attached hydrogen (secondary N) is 1. The van der Waals surface area contributed by atoms with Gasteiger partial charge >= 0.3 is 0 Å². The lowest BCUT2D eigenvalue weighted by Crippen LogP contribution is -2.21. The van der Waals surface area contributed by atoms with Gasteiger partial charge in [0.25, 0.3) is 0 Å². The summed E-state index contributed by atoms with van der Waals surface area (Å²) >= 11 is 3.38. The molecule has 2 rings (SSSR count). The first kappa shape index (κ1) is 10.6. The summed E-state index contributed by atoms with van der Waals surface area (Å²) in [6.45, 7) is 1.50. The molecule has 80 valence electrons. The van der Waals surface area contributed by atoms with Crippen molar-refractivity contribution in [3.63, 3.8) is 0 Å². The van der Waals surface area contributed by atoms with Crippen molar-refractivity contribution in [1.82, 2.24) is 0 Å². The topological polar surface area (TPSA) is 55.1 Å². The van der Waals surface area contributed by atoms with Crippen molar-refractivity contribution in [2.75, 3.05) is 5.32 Å². The standard InChI is InChI=1S/C11H13BrN2O/c1-7(15)14-10-6-8(12)2-3-9(10)11(13)4-5-11/h2-3,6H,4-5,13H2,1H3,(H,14,15). The predicted molar refractivity (Wildman–Crippen MR) is 63.5 cm³/mol. The van der Waals surface area contributed by atoms with Gasteiger partial charge in [0, 0.05) is 22.6 Å². The van der Waals surface area contributed by atoms with Crippen LogP contribution < -0.4 is 11.1 Å². The maximum atomic E-state index is 11.1. The number of halogens is 1. The van der Waals surface area contributed by atoms with Crippen LogP contribution >= 0.6 is 15.9 Å². The van der Waals surface area contributed by atoms with E-state index in [4.69, 9.17) is 5.73 Å². The van der Waals surface area contributed by atoms with Gasteiger partial charge in [0.05, 0.1) is 0 Å². The van der Waals surface area contributed by atoms with Crippen molar-refractivity contribution < 1.29 is 4.79 Å². The van der Waals surface area contributed by atoms with Crippen LogP contribution in [0.4, 0.5) is 5.69 Å². The Kier molecular flexibility index (Phi) is 2.56. The van der Waals surface area contributed by atoms with Gasteiger partial charge in [0.2, 0.25) is 5.91 Å². The Balaban J connectivity index is 2.40. The van der Waals surface area contributed by atoms with Crippen molar-refractivity contribution in [3.05, 3.63) is 28.2 Å². The largest absolute Gasteiger partial charge is 0.326 e. The predicted octanol–water partition coefficient (Wildman–Crippen LogP) is 2.36. The molecule has 1 aliphatic carbocycles. The van der Waals surface area contributed by atoms with Crippen LogP contribution in [0.3, 0.4) is 0 Å². The molecule has 0 radical (unpaired) electrons. The van der Waals surface area contributed by atoms with Gasteiger partial charge in [-0.15, -0.1) is 0 Å². The molecule has 0 bridgehead atoms. The van der Waals surface area contributed by atoms with Gasteiger partial charge < -0.3 is 11.1 Å². The zero-order chi connectivity index (χ0) is 11.1. The van der Waals surface area contributed by atoms with Crippen molar-refractivity contribution >= 4 is 27.5 Å². The molecule has 0 aromatic heterocycles. The highest BCUT2D eigenvalue weighted by atomic mass is 79.9. The monoisotopic (exact) mass is 268 g/mol. The van der Waals surface area contributed by atoms with Gasteiger partial charge in [-0.1, -0.05) is 22.0 Å². The van der Waals surface area contributed by atoms with E-state index in [0.717, 1.165) is 28.6 Å². The Morgan fingerprint density at radius 1 is 1.53 bits per heavy atom. The molecule has 1 amide bonds. The minimum atomic E-state index is -0.224. The second-order valence-electron chi connectivity index (χ2n) is 4.03. The number of hydrogen-bond acceptors (Lipinski definition) is 2. The zero-order valence-corrected chi connectivity index (χ0v) is 10.1.